The third-order valence-electron chi connectivity index (χ3n) is 3.75. The number of nitriles is 1. The van der Waals surface area contributed by atoms with Crippen molar-refractivity contribution in [3.63, 3.8) is 0 Å². The molecule has 0 aliphatic carbocycles. The van der Waals surface area contributed by atoms with Gasteiger partial charge in [0, 0.05) is 20.5 Å². The topological polar surface area (TPSA) is 73.1 Å². The third kappa shape index (κ3) is 5.17. The Morgan fingerprint density at radius 3 is 2.39 bits per heavy atom. The predicted octanol–water partition coefficient (Wildman–Crippen LogP) is 5.74. The van der Waals surface area contributed by atoms with Crippen LogP contribution in [0.4, 0.5) is 5.69 Å². The molecule has 28 heavy (non-hydrogen) atoms. The van der Waals surface area contributed by atoms with Crippen LogP contribution in [0.25, 0.3) is 6.08 Å². The second-order valence-electron chi connectivity index (χ2n) is 5.76. The summed E-state index contributed by atoms with van der Waals surface area (Å²) in [7, 11) is 0. The zero-order valence-corrected chi connectivity index (χ0v) is 16.2. The SMILES string of the molecule is N#C/C(=C\c1ccccc1Sc1ccc(Cl)cc1)C(=O)Nc1ccc(O)cc1. The molecule has 6 heteroatoms. The Morgan fingerprint density at radius 2 is 1.71 bits per heavy atom. The summed E-state index contributed by atoms with van der Waals surface area (Å²) in [5, 5.41) is 22.1. The maximum atomic E-state index is 12.5. The third-order valence-corrected chi connectivity index (χ3v) is 5.10. The molecule has 0 bridgehead atoms. The molecule has 3 aromatic rings. The zero-order valence-electron chi connectivity index (χ0n) is 14.6. The number of rotatable bonds is 5. The number of hydrogen-bond donors (Lipinski definition) is 2. The average Bonchev–Trinajstić information content (AvgIpc) is 2.70. The van der Waals surface area contributed by atoms with E-state index >= 15 is 0 Å². The maximum Gasteiger partial charge on any atom is 0.266 e. The van der Waals surface area contributed by atoms with Crippen molar-refractivity contribution in [1.29, 1.82) is 5.26 Å². The van der Waals surface area contributed by atoms with Gasteiger partial charge in [0.15, 0.2) is 0 Å². The summed E-state index contributed by atoms with van der Waals surface area (Å²) >= 11 is 7.45. The quantitative estimate of drug-likeness (QED) is 0.322. The number of carbonyl (C=O) groups excluding carboxylic acids is 1. The highest BCUT2D eigenvalue weighted by molar-refractivity contribution is 7.99. The van der Waals surface area contributed by atoms with Crippen LogP contribution in [0.15, 0.2) is 88.2 Å². The van der Waals surface area contributed by atoms with E-state index in [2.05, 4.69) is 5.32 Å². The summed E-state index contributed by atoms with van der Waals surface area (Å²) in [6, 6.07) is 23.0. The minimum atomic E-state index is -0.514. The van der Waals surface area contributed by atoms with E-state index in [9.17, 15) is 15.2 Å². The van der Waals surface area contributed by atoms with Gasteiger partial charge >= 0.3 is 0 Å². The monoisotopic (exact) mass is 406 g/mol. The Hall–Kier alpha value is -3.20. The van der Waals surface area contributed by atoms with E-state index < -0.39 is 5.91 Å². The summed E-state index contributed by atoms with van der Waals surface area (Å²) in [4.78, 5) is 14.4. The first-order valence-electron chi connectivity index (χ1n) is 8.30. The van der Waals surface area contributed by atoms with Crippen LogP contribution in [0.1, 0.15) is 5.56 Å². The molecule has 0 fully saturated rings. The number of anilines is 1. The van der Waals surface area contributed by atoms with Crippen molar-refractivity contribution in [3.05, 3.63) is 89.0 Å². The Balaban J connectivity index is 1.84. The van der Waals surface area contributed by atoms with Crippen LogP contribution >= 0.6 is 23.4 Å². The van der Waals surface area contributed by atoms with Gasteiger partial charge in [0.05, 0.1) is 0 Å². The van der Waals surface area contributed by atoms with Crippen molar-refractivity contribution in [3.8, 4) is 11.8 Å². The van der Waals surface area contributed by atoms with E-state index in [4.69, 9.17) is 11.6 Å². The zero-order chi connectivity index (χ0) is 19.9. The van der Waals surface area contributed by atoms with Gasteiger partial charge in [0.25, 0.3) is 5.91 Å². The van der Waals surface area contributed by atoms with Crippen LogP contribution in [0.3, 0.4) is 0 Å². The van der Waals surface area contributed by atoms with E-state index in [0.717, 1.165) is 15.4 Å². The van der Waals surface area contributed by atoms with Gasteiger partial charge in [-0.3, -0.25) is 4.79 Å². The predicted molar refractivity (Wildman–Crippen MR) is 112 cm³/mol. The molecular weight excluding hydrogens is 392 g/mol. The summed E-state index contributed by atoms with van der Waals surface area (Å²) in [5.41, 5.74) is 1.24. The molecule has 4 nitrogen and oxygen atoms in total. The Labute approximate surface area is 172 Å². The van der Waals surface area contributed by atoms with Crippen molar-refractivity contribution < 1.29 is 9.90 Å². The maximum absolute atomic E-state index is 12.5. The molecule has 0 radical (unpaired) electrons. The fourth-order valence-electron chi connectivity index (χ4n) is 2.37. The Morgan fingerprint density at radius 1 is 1.04 bits per heavy atom. The second kappa shape index (κ2) is 9.14. The minimum absolute atomic E-state index is 0.0165. The van der Waals surface area contributed by atoms with Crippen molar-refractivity contribution >= 4 is 41.0 Å². The van der Waals surface area contributed by atoms with Crippen LogP contribution in [0.2, 0.25) is 5.02 Å². The van der Waals surface area contributed by atoms with Crippen LogP contribution in [-0.2, 0) is 4.79 Å². The van der Waals surface area contributed by atoms with Crippen molar-refractivity contribution in [2.45, 2.75) is 9.79 Å². The minimum Gasteiger partial charge on any atom is -0.508 e. The van der Waals surface area contributed by atoms with E-state index in [1.165, 1.54) is 23.9 Å². The molecule has 0 aliphatic rings. The molecule has 0 atom stereocenters. The first-order valence-corrected chi connectivity index (χ1v) is 9.49. The van der Waals surface area contributed by atoms with Gasteiger partial charge in [-0.25, -0.2) is 0 Å². The van der Waals surface area contributed by atoms with E-state index in [-0.39, 0.29) is 11.3 Å². The Kier molecular flexibility index (Phi) is 6.38. The van der Waals surface area contributed by atoms with Crippen LogP contribution in [-0.4, -0.2) is 11.0 Å². The highest BCUT2D eigenvalue weighted by Crippen LogP contribution is 2.32. The van der Waals surface area contributed by atoms with Gasteiger partial charge in [-0.05, 0) is 66.2 Å². The van der Waals surface area contributed by atoms with Gasteiger partial charge in [-0.2, -0.15) is 5.26 Å². The first-order chi connectivity index (χ1) is 13.5. The van der Waals surface area contributed by atoms with Gasteiger partial charge in [0.1, 0.15) is 17.4 Å². The summed E-state index contributed by atoms with van der Waals surface area (Å²) in [6.45, 7) is 0. The number of carbonyl (C=O) groups is 1. The Bertz CT molecular complexity index is 1060. The first kappa shape index (κ1) is 19.6. The molecule has 0 spiro atoms. The van der Waals surface area contributed by atoms with Gasteiger partial charge < -0.3 is 10.4 Å². The molecule has 0 saturated heterocycles. The number of halogens is 1. The molecule has 0 heterocycles. The molecule has 3 aromatic carbocycles. The van der Waals surface area contributed by atoms with E-state index in [1.54, 1.807) is 18.2 Å². The molecule has 0 aliphatic heterocycles. The lowest BCUT2D eigenvalue weighted by molar-refractivity contribution is -0.112. The van der Waals surface area contributed by atoms with Gasteiger partial charge in [-0.15, -0.1) is 0 Å². The molecule has 2 N–H and O–H groups in total. The van der Waals surface area contributed by atoms with E-state index in [0.29, 0.717) is 10.7 Å². The van der Waals surface area contributed by atoms with Crippen LogP contribution in [0, 0.1) is 11.3 Å². The molecule has 1 amide bonds. The van der Waals surface area contributed by atoms with Crippen molar-refractivity contribution in [1.82, 2.24) is 0 Å². The molecule has 0 saturated carbocycles. The van der Waals surface area contributed by atoms with E-state index in [1.807, 2.05) is 54.6 Å². The highest BCUT2D eigenvalue weighted by atomic mass is 35.5. The smallest absolute Gasteiger partial charge is 0.266 e. The van der Waals surface area contributed by atoms with Crippen molar-refractivity contribution in [2.75, 3.05) is 5.32 Å². The number of nitrogens with one attached hydrogen (secondary N) is 1. The fourth-order valence-corrected chi connectivity index (χ4v) is 3.41. The number of phenols is 1. The average molecular weight is 407 g/mol. The number of benzene rings is 3. The summed E-state index contributed by atoms with van der Waals surface area (Å²) in [5.74, 6) is -0.415. The number of phenolic OH excluding ortho intramolecular Hbond substituents is 1. The largest absolute Gasteiger partial charge is 0.508 e. The van der Waals surface area contributed by atoms with Gasteiger partial charge in [-0.1, -0.05) is 41.6 Å². The lowest BCUT2D eigenvalue weighted by atomic mass is 10.1. The fraction of sp³-hybridized carbons (Fsp3) is 0. The van der Waals surface area contributed by atoms with Crippen molar-refractivity contribution in [2.24, 2.45) is 0 Å². The second-order valence-corrected chi connectivity index (χ2v) is 7.32. The van der Waals surface area contributed by atoms with Crippen LogP contribution < -0.4 is 5.32 Å². The lowest BCUT2D eigenvalue weighted by Crippen LogP contribution is -2.13. The number of hydrogen-bond acceptors (Lipinski definition) is 4. The number of aromatic hydroxyl groups is 1. The normalized spacial score (nSPS) is 10.9. The van der Waals surface area contributed by atoms with Gasteiger partial charge in [0.2, 0.25) is 0 Å². The number of amides is 1. The van der Waals surface area contributed by atoms with Crippen LogP contribution in [0.5, 0.6) is 5.75 Å². The molecule has 3 rings (SSSR count). The molecule has 0 unspecified atom stereocenters. The summed E-state index contributed by atoms with van der Waals surface area (Å²) < 4.78 is 0. The standard InChI is InChI=1S/C22H15ClN2O2S/c23-17-5-11-20(12-6-17)28-21-4-2-1-3-15(21)13-16(14-24)22(27)25-18-7-9-19(26)10-8-18/h1-13,26H,(H,25,27)/b16-13+. The number of nitrogens with zero attached hydrogens (tertiary/aromatic N) is 1. The molecule has 138 valence electrons. The molecular formula is C22H15ClN2O2S. The highest BCUT2D eigenvalue weighted by Gasteiger charge is 2.11. The molecule has 0 aromatic heterocycles. The summed E-state index contributed by atoms with van der Waals surface area (Å²) in [6.07, 6.45) is 1.56. The lowest BCUT2D eigenvalue weighted by Gasteiger charge is -2.08.